The Kier molecular flexibility index (Phi) is 5.18. The van der Waals surface area contributed by atoms with E-state index in [9.17, 15) is 9.59 Å². The number of aryl methyl sites for hydroxylation is 3. The van der Waals surface area contributed by atoms with Crippen LogP contribution in [0.15, 0.2) is 30.3 Å². The predicted octanol–water partition coefficient (Wildman–Crippen LogP) is 3.83. The Balaban J connectivity index is 1.37. The summed E-state index contributed by atoms with van der Waals surface area (Å²) in [6.45, 7) is 7.41. The van der Waals surface area contributed by atoms with Crippen LogP contribution in [0.25, 0.3) is 0 Å². The monoisotopic (exact) mass is 394 g/mol. The molecule has 2 amide bonds. The van der Waals surface area contributed by atoms with E-state index < -0.39 is 0 Å². The second-order valence-electron chi connectivity index (χ2n) is 7.90. The highest BCUT2D eigenvalue weighted by molar-refractivity contribution is 5.96. The van der Waals surface area contributed by atoms with E-state index in [0.29, 0.717) is 43.0 Å². The minimum absolute atomic E-state index is 0.0348. The number of hydrogen-bond acceptors (Lipinski definition) is 4. The van der Waals surface area contributed by atoms with Gasteiger partial charge in [-0.15, -0.1) is 0 Å². The van der Waals surface area contributed by atoms with Crippen molar-refractivity contribution in [3.63, 3.8) is 0 Å². The lowest BCUT2D eigenvalue weighted by atomic mass is 9.94. The summed E-state index contributed by atoms with van der Waals surface area (Å²) in [5.41, 5.74) is 4.83. The standard InChI is InChI=1S/C23H26N2O4/c1-14-10-15(2)21(16(3)11-14)24-22(26)17-6-8-25(9-7-17)23(27)18-4-5-19-20(12-18)29-13-28-19/h4-5,10-12,17H,6-9,13H2,1-3H3,(H,24,26). The molecule has 1 N–H and O–H groups in total. The van der Waals surface area contributed by atoms with Crippen LogP contribution in [0.4, 0.5) is 5.69 Å². The maximum Gasteiger partial charge on any atom is 0.253 e. The molecule has 1 saturated heterocycles. The molecule has 2 aliphatic heterocycles. The number of piperidine rings is 1. The number of carbonyl (C=O) groups is 2. The summed E-state index contributed by atoms with van der Waals surface area (Å²) >= 11 is 0. The van der Waals surface area contributed by atoms with Gasteiger partial charge in [0.05, 0.1) is 0 Å². The van der Waals surface area contributed by atoms with Crippen molar-refractivity contribution in [2.45, 2.75) is 33.6 Å². The fraction of sp³-hybridized carbons (Fsp3) is 0.391. The van der Waals surface area contributed by atoms with Gasteiger partial charge in [-0.1, -0.05) is 17.7 Å². The van der Waals surface area contributed by atoms with Gasteiger partial charge in [0.2, 0.25) is 12.7 Å². The number of likely N-dealkylation sites (tertiary alicyclic amines) is 1. The fourth-order valence-electron chi connectivity index (χ4n) is 4.16. The van der Waals surface area contributed by atoms with E-state index in [1.165, 1.54) is 5.56 Å². The molecule has 0 atom stereocenters. The van der Waals surface area contributed by atoms with E-state index in [0.717, 1.165) is 16.8 Å². The van der Waals surface area contributed by atoms with Crippen molar-refractivity contribution in [1.29, 1.82) is 0 Å². The zero-order valence-electron chi connectivity index (χ0n) is 17.1. The number of fused-ring (bicyclic) bond motifs is 1. The first kappa shape index (κ1) is 19.3. The first-order valence-corrected chi connectivity index (χ1v) is 10.00. The maximum absolute atomic E-state index is 12.8. The van der Waals surface area contributed by atoms with Gasteiger partial charge in [0.15, 0.2) is 11.5 Å². The molecule has 2 aliphatic rings. The zero-order chi connectivity index (χ0) is 20.5. The zero-order valence-corrected chi connectivity index (χ0v) is 17.1. The maximum atomic E-state index is 12.8. The van der Waals surface area contributed by atoms with E-state index in [2.05, 4.69) is 24.4 Å². The molecule has 0 aromatic heterocycles. The normalized spacial score (nSPS) is 16.0. The van der Waals surface area contributed by atoms with E-state index in [1.807, 2.05) is 18.7 Å². The highest BCUT2D eigenvalue weighted by Crippen LogP contribution is 2.33. The van der Waals surface area contributed by atoms with E-state index in [4.69, 9.17) is 9.47 Å². The van der Waals surface area contributed by atoms with Gasteiger partial charge in [0.1, 0.15) is 0 Å². The molecule has 2 aromatic carbocycles. The van der Waals surface area contributed by atoms with Crippen molar-refractivity contribution in [2.75, 3.05) is 25.2 Å². The van der Waals surface area contributed by atoms with E-state index in [-0.39, 0.29) is 24.5 Å². The lowest BCUT2D eigenvalue weighted by Gasteiger charge is -2.31. The quantitative estimate of drug-likeness (QED) is 0.859. The van der Waals surface area contributed by atoms with Gasteiger partial charge in [-0.2, -0.15) is 0 Å². The Hall–Kier alpha value is -3.02. The van der Waals surface area contributed by atoms with Crippen molar-refractivity contribution < 1.29 is 19.1 Å². The second-order valence-corrected chi connectivity index (χ2v) is 7.90. The Morgan fingerprint density at radius 2 is 1.62 bits per heavy atom. The Morgan fingerprint density at radius 3 is 2.31 bits per heavy atom. The third kappa shape index (κ3) is 3.92. The third-order valence-electron chi connectivity index (χ3n) is 5.70. The SMILES string of the molecule is Cc1cc(C)c(NC(=O)C2CCN(C(=O)c3ccc4c(c3)OCO4)CC2)c(C)c1. The van der Waals surface area contributed by atoms with Crippen molar-refractivity contribution in [2.24, 2.45) is 5.92 Å². The summed E-state index contributed by atoms with van der Waals surface area (Å²) in [5, 5.41) is 3.11. The summed E-state index contributed by atoms with van der Waals surface area (Å²) in [4.78, 5) is 27.4. The molecule has 2 aromatic rings. The molecule has 4 rings (SSSR count). The molecule has 6 nitrogen and oxygen atoms in total. The van der Waals surface area contributed by atoms with Gasteiger partial charge in [0.25, 0.3) is 5.91 Å². The number of benzene rings is 2. The lowest BCUT2D eigenvalue weighted by Crippen LogP contribution is -2.41. The van der Waals surface area contributed by atoms with Crippen molar-refractivity contribution in [1.82, 2.24) is 4.90 Å². The highest BCUT2D eigenvalue weighted by Gasteiger charge is 2.29. The number of carbonyl (C=O) groups excluding carboxylic acids is 2. The van der Waals surface area contributed by atoms with Crippen LogP contribution in [0, 0.1) is 26.7 Å². The number of ether oxygens (including phenoxy) is 2. The summed E-state index contributed by atoms with van der Waals surface area (Å²) in [6.07, 6.45) is 1.32. The van der Waals surface area contributed by atoms with E-state index in [1.54, 1.807) is 18.2 Å². The molecule has 6 heteroatoms. The molecule has 0 unspecified atom stereocenters. The van der Waals surface area contributed by atoms with Crippen LogP contribution in [0.5, 0.6) is 11.5 Å². The molecule has 0 bridgehead atoms. The van der Waals surface area contributed by atoms with Crippen molar-refractivity contribution in [3.05, 3.63) is 52.6 Å². The number of rotatable bonds is 3. The first-order valence-electron chi connectivity index (χ1n) is 10.00. The third-order valence-corrected chi connectivity index (χ3v) is 5.70. The molecule has 0 radical (unpaired) electrons. The number of nitrogens with one attached hydrogen (secondary N) is 1. The number of anilines is 1. The molecule has 0 saturated carbocycles. The van der Waals surface area contributed by atoms with Crippen molar-refractivity contribution >= 4 is 17.5 Å². The summed E-state index contributed by atoms with van der Waals surface area (Å²) in [7, 11) is 0. The minimum atomic E-state index is -0.0871. The number of nitrogens with zero attached hydrogens (tertiary/aromatic N) is 1. The Bertz CT molecular complexity index is 938. The molecule has 0 aliphatic carbocycles. The van der Waals surface area contributed by atoms with Crippen LogP contribution in [0.3, 0.4) is 0 Å². The van der Waals surface area contributed by atoms with Gasteiger partial charge in [0, 0.05) is 30.3 Å². The van der Waals surface area contributed by atoms with Crippen LogP contribution in [-0.4, -0.2) is 36.6 Å². The first-order chi connectivity index (χ1) is 13.9. The molecular weight excluding hydrogens is 368 g/mol. The minimum Gasteiger partial charge on any atom is -0.454 e. The second kappa shape index (κ2) is 7.78. The van der Waals surface area contributed by atoms with Crippen LogP contribution in [-0.2, 0) is 4.79 Å². The van der Waals surface area contributed by atoms with Gasteiger partial charge in [-0.25, -0.2) is 0 Å². The van der Waals surface area contributed by atoms with Gasteiger partial charge in [-0.3, -0.25) is 9.59 Å². The summed E-state index contributed by atoms with van der Waals surface area (Å²) < 4.78 is 10.7. The molecule has 2 heterocycles. The average Bonchev–Trinajstić information content (AvgIpc) is 3.18. The lowest BCUT2D eigenvalue weighted by molar-refractivity contribution is -0.121. The van der Waals surface area contributed by atoms with Crippen LogP contribution in [0.2, 0.25) is 0 Å². The number of amides is 2. The summed E-state index contributed by atoms with van der Waals surface area (Å²) in [6, 6.07) is 9.41. The van der Waals surface area contributed by atoms with Crippen molar-refractivity contribution in [3.8, 4) is 11.5 Å². The van der Waals surface area contributed by atoms with E-state index >= 15 is 0 Å². The highest BCUT2D eigenvalue weighted by atomic mass is 16.7. The largest absolute Gasteiger partial charge is 0.454 e. The molecule has 152 valence electrons. The molecule has 29 heavy (non-hydrogen) atoms. The molecular formula is C23H26N2O4. The average molecular weight is 394 g/mol. The molecule has 1 fully saturated rings. The van der Waals surface area contributed by atoms with Gasteiger partial charge in [-0.05, 0) is 62.9 Å². The van der Waals surface area contributed by atoms with Crippen LogP contribution >= 0.6 is 0 Å². The van der Waals surface area contributed by atoms with Crippen LogP contribution < -0.4 is 14.8 Å². The topological polar surface area (TPSA) is 67.9 Å². The van der Waals surface area contributed by atoms with Crippen LogP contribution in [0.1, 0.15) is 39.9 Å². The Morgan fingerprint density at radius 1 is 0.966 bits per heavy atom. The van der Waals surface area contributed by atoms with Gasteiger partial charge >= 0.3 is 0 Å². The molecule has 0 spiro atoms. The summed E-state index contributed by atoms with van der Waals surface area (Å²) in [5.74, 6) is 1.19. The fourth-order valence-corrected chi connectivity index (χ4v) is 4.16. The smallest absolute Gasteiger partial charge is 0.253 e. The number of hydrogen-bond donors (Lipinski definition) is 1. The Labute approximate surface area is 170 Å². The predicted molar refractivity (Wildman–Crippen MR) is 110 cm³/mol. The van der Waals surface area contributed by atoms with Gasteiger partial charge < -0.3 is 19.7 Å².